The lowest BCUT2D eigenvalue weighted by atomic mass is 9.79. The van der Waals surface area contributed by atoms with Gasteiger partial charge in [0.1, 0.15) is 5.82 Å². The summed E-state index contributed by atoms with van der Waals surface area (Å²) in [5.41, 5.74) is 4.57. The molecule has 1 aromatic heterocycles. The van der Waals surface area contributed by atoms with Gasteiger partial charge in [-0.2, -0.15) is 0 Å². The fourth-order valence-corrected chi connectivity index (χ4v) is 5.45. The molecule has 1 aliphatic carbocycles. The molecule has 0 saturated carbocycles. The van der Waals surface area contributed by atoms with E-state index in [0.717, 1.165) is 16.7 Å². The number of amides is 2. The van der Waals surface area contributed by atoms with Crippen LogP contribution in [0, 0.1) is 5.41 Å². The molecule has 1 aliphatic heterocycles. The van der Waals surface area contributed by atoms with Gasteiger partial charge in [0.2, 0.25) is 11.8 Å². The van der Waals surface area contributed by atoms with Crippen LogP contribution in [0.15, 0.2) is 72.9 Å². The third-order valence-corrected chi connectivity index (χ3v) is 7.47. The second kappa shape index (κ2) is 9.05. The van der Waals surface area contributed by atoms with Crippen molar-refractivity contribution in [1.82, 2.24) is 9.88 Å². The minimum absolute atomic E-state index is 0.0305. The lowest BCUT2D eigenvalue weighted by Gasteiger charge is -2.34. The van der Waals surface area contributed by atoms with Gasteiger partial charge < -0.3 is 10.2 Å². The van der Waals surface area contributed by atoms with Crippen LogP contribution >= 0.6 is 0 Å². The topological polar surface area (TPSA) is 62.3 Å². The maximum atomic E-state index is 13.3. The monoisotopic (exact) mass is 479 g/mol. The molecule has 0 bridgehead atoms. The highest BCUT2D eigenvalue weighted by atomic mass is 16.2. The Kier molecular flexibility index (Phi) is 6.03. The molecule has 5 rings (SSSR count). The van der Waals surface area contributed by atoms with E-state index in [4.69, 9.17) is 0 Å². The lowest BCUT2D eigenvalue weighted by molar-refractivity contribution is -0.141. The highest BCUT2D eigenvalue weighted by Gasteiger charge is 2.50. The van der Waals surface area contributed by atoms with E-state index in [1.165, 1.54) is 11.1 Å². The molecule has 0 saturated heterocycles. The van der Waals surface area contributed by atoms with Crippen molar-refractivity contribution >= 4 is 23.7 Å². The summed E-state index contributed by atoms with van der Waals surface area (Å²) in [5, 5.41) is 2.97. The molecule has 184 valence electrons. The van der Waals surface area contributed by atoms with E-state index in [2.05, 4.69) is 59.7 Å². The molecule has 5 nitrogen and oxygen atoms in total. The van der Waals surface area contributed by atoms with E-state index >= 15 is 0 Å². The van der Waals surface area contributed by atoms with Crippen molar-refractivity contribution in [2.45, 2.75) is 52.0 Å². The van der Waals surface area contributed by atoms with E-state index in [-0.39, 0.29) is 17.9 Å². The Labute approximate surface area is 213 Å². The SMILES string of the molecule is C[C@H](c1ccccc1)N(C/C=C/c1ccc2c(c1)C[C@@]1(C2)C(=O)Nc2ncccc21)C(=O)C(C)(C)C. The zero-order valence-corrected chi connectivity index (χ0v) is 21.4. The van der Waals surface area contributed by atoms with E-state index < -0.39 is 10.8 Å². The summed E-state index contributed by atoms with van der Waals surface area (Å²) in [6, 6.07) is 20.5. The summed E-state index contributed by atoms with van der Waals surface area (Å²) < 4.78 is 0. The standard InChI is InChI=1S/C31H33N3O2/c1-21(23-11-6-5-7-12-23)34(29(36)30(2,3)4)17-9-10-22-14-15-24-19-31(20-25(24)18-22)26-13-8-16-32-27(26)33-28(31)35/h5-16,18,21H,17,19-20H2,1-4H3,(H,32,33,35)/b10-9+/t21-,31-/m1/s1. The average molecular weight is 480 g/mol. The highest BCUT2D eigenvalue weighted by molar-refractivity contribution is 6.06. The minimum Gasteiger partial charge on any atom is -0.332 e. The van der Waals surface area contributed by atoms with Crippen molar-refractivity contribution in [3.63, 3.8) is 0 Å². The number of pyridine rings is 1. The second-order valence-corrected chi connectivity index (χ2v) is 11.0. The Bertz CT molecular complexity index is 1340. The summed E-state index contributed by atoms with van der Waals surface area (Å²) in [5.74, 6) is 0.848. The first-order chi connectivity index (χ1) is 17.2. The Morgan fingerprint density at radius 2 is 1.83 bits per heavy atom. The van der Waals surface area contributed by atoms with E-state index in [1.54, 1.807) is 6.20 Å². The van der Waals surface area contributed by atoms with Gasteiger partial charge in [0, 0.05) is 23.7 Å². The summed E-state index contributed by atoms with van der Waals surface area (Å²) >= 11 is 0. The van der Waals surface area contributed by atoms with Crippen molar-refractivity contribution in [3.05, 3.63) is 101 Å². The van der Waals surface area contributed by atoms with Crippen molar-refractivity contribution in [3.8, 4) is 0 Å². The van der Waals surface area contributed by atoms with Crippen LogP contribution in [0.2, 0.25) is 0 Å². The minimum atomic E-state index is -0.560. The van der Waals surface area contributed by atoms with Gasteiger partial charge in [-0.25, -0.2) is 4.98 Å². The van der Waals surface area contributed by atoms with Crippen LogP contribution in [0.25, 0.3) is 6.08 Å². The number of fused-ring (bicyclic) bond motifs is 3. The maximum absolute atomic E-state index is 13.3. The van der Waals surface area contributed by atoms with Crippen molar-refractivity contribution in [1.29, 1.82) is 0 Å². The van der Waals surface area contributed by atoms with Gasteiger partial charge in [0.25, 0.3) is 0 Å². The molecule has 1 N–H and O–H groups in total. The lowest BCUT2D eigenvalue weighted by Crippen LogP contribution is -2.41. The normalized spacial score (nSPS) is 19.3. The van der Waals surface area contributed by atoms with E-state index in [1.807, 2.05) is 56.0 Å². The zero-order chi connectivity index (χ0) is 25.5. The number of rotatable bonds is 5. The summed E-state index contributed by atoms with van der Waals surface area (Å²) in [6.07, 6.45) is 7.23. The number of hydrogen-bond donors (Lipinski definition) is 1. The average Bonchev–Trinajstić information content (AvgIpc) is 3.38. The number of nitrogens with zero attached hydrogens (tertiary/aromatic N) is 2. The Morgan fingerprint density at radius 1 is 1.08 bits per heavy atom. The number of benzene rings is 2. The molecule has 2 amide bonds. The van der Waals surface area contributed by atoms with Crippen molar-refractivity contribution in [2.24, 2.45) is 5.41 Å². The second-order valence-electron chi connectivity index (χ2n) is 11.0. The first-order valence-corrected chi connectivity index (χ1v) is 12.6. The Morgan fingerprint density at radius 3 is 2.58 bits per heavy atom. The zero-order valence-electron chi connectivity index (χ0n) is 21.4. The van der Waals surface area contributed by atoms with Crippen LogP contribution in [0.1, 0.15) is 61.6 Å². The predicted molar refractivity (Wildman–Crippen MR) is 143 cm³/mol. The van der Waals surface area contributed by atoms with Gasteiger partial charge in [-0.1, -0.05) is 87.5 Å². The Balaban J connectivity index is 1.36. The maximum Gasteiger partial charge on any atom is 0.237 e. The fourth-order valence-electron chi connectivity index (χ4n) is 5.45. The summed E-state index contributed by atoms with van der Waals surface area (Å²) in [6.45, 7) is 8.50. The quantitative estimate of drug-likeness (QED) is 0.509. The van der Waals surface area contributed by atoms with Crippen LogP contribution in [-0.2, 0) is 27.8 Å². The smallest absolute Gasteiger partial charge is 0.237 e. The van der Waals surface area contributed by atoms with E-state index in [0.29, 0.717) is 25.2 Å². The van der Waals surface area contributed by atoms with Gasteiger partial charge >= 0.3 is 0 Å². The molecule has 2 aliphatic rings. The molecule has 0 fully saturated rings. The number of hydrogen-bond acceptors (Lipinski definition) is 3. The van der Waals surface area contributed by atoms with Crippen LogP contribution in [0.4, 0.5) is 5.82 Å². The van der Waals surface area contributed by atoms with Crippen molar-refractivity contribution < 1.29 is 9.59 Å². The molecule has 0 radical (unpaired) electrons. The first kappa shape index (κ1) is 24.0. The van der Waals surface area contributed by atoms with Crippen LogP contribution < -0.4 is 5.32 Å². The van der Waals surface area contributed by atoms with Gasteiger partial charge in [-0.05, 0) is 48.1 Å². The van der Waals surface area contributed by atoms with Gasteiger partial charge in [-0.3, -0.25) is 9.59 Å². The van der Waals surface area contributed by atoms with Crippen LogP contribution in [0.3, 0.4) is 0 Å². The molecule has 0 unspecified atom stereocenters. The molecule has 2 atom stereocenters. The summed E-state index contributed by atoms with van der Waals surface area (Å²) in [4.78, 5) is 32.6. The molecule has 2 aromatic carbocycles. The Hall–Kier alpha value is -3.73. The number of carbonyl (C=O) groups is 2. The molecular formula is C31H33N3O2. The van der Waals surface area contributed by atoms with Crippen LogP contribution in [-0.4, -0.2) is 28.2 Å². The van der Waals surface area contributed by atoms with E-state index in [9.17, 15) is 9.59 Å². The number of nitrogens with one attached hydrogen (secondary N) is 1. The highest BCUT2D eigenvalue weighted by Crippen LogP contribution is 2.46. The molecule has 5 heteroatoms. The molecule has 3 aromatic rings. The number of aromatic nitrogens is 1. The van der Waals surface area contributed by atoms with Crippen LogP contribution in [0.5, 0.6) is 0 Å². The van der Waals surface area contributed by atoms with Gasteiger partial charge in [0.15, 0.2) is 0 Å². The van der Waals surface area contributed by atoms with Gasteiger partial charge in [0.05, 0.1) is 11.5 Å². The largest absolute Gasteiger partial charge is 0.332 e. The third-order valence-electron chi connectivity index (χ3n) is 7.47. The number of carbonyl (C=O) groups excluding carboxylic acids is 2. The molecule has 2 heterocycles. The molecular weight excluding hydrogens is 446 g/mol. The van der Waals surface area contributed by atoms with Gasteiger partial charge in [-0.15, -0.1) is 0 Å². The summed E-state index contributed by atoms with van der Waals surface area (Å²) in [7, 11) is 0. The number of anilines is 1. The molecule has 36 heavy (non-hydrogen) atoms. The third kappa shape index (κ3) is 4.23. The molecule has 1 spiro atoms. The predicted octanol–water partition coefficient (Wildman–Crippen LogP) is 5.72. The first-order valence-electron chi connectivity index (χ1n) is 12.6. The fraction of sp³-hybridized carbons (Fsp3) is 0.323. The van der Waals surface area contributed by atoms with Crippen molar-refractivity contribution in [2.75, 3.05) is 11.9 Å².